The topological polar surface area (TPSA) is 70.6 Å². The Morgan fingerprint density at radius 3 is 2.74 bits per heavy atom. The normalized spacial score (nSPS) is 14.3. The number of carbonyl (C=O) groups is 1. The molecule has 182 valence electrons. The molecule has 3 aromatic rings. The van der Waals surface area contributed by atoms with Gasteiger partial charge in [0, 0.05) is 49.7 Å². The zero-order valence-electron chi connectivity index (χ0n) is 19.7. The van der Waals surface area contributed by atoms with Gasteiger partial charge in [0.05, 0.1) is 11.6 Å². The van der Waals surface area contributed by atoms with Crippen molar-refractivity contribution in [3.63, 3.8) is 0 Å². The Labute approximate surface area is 209 Å². The van der Waals surface area contributed by atoms with Crippen LogP contribution in [0.25, 0.3) is 17.2 Å². The number of nitrogens with one attached hydrogen (secondary N) is 1. The zero-order chi connectivity index (χ0) is 24.8. The Hall–Kier alpha value is -3.49. The summed E-state index contributed by atoms with van der Waals surface area (Å²) in [6.07, 6.45) is 4.93. The molecule has 1 aliphatic heterocycles. The molecule has 7 nitrogen and oxygen atoms in total. The van der Waals surface area contributed by atoms with E-state index in [1.54, 1.807) is 25.3 Å². The van der Waals surface area contributed by atoms with Crippen LogP contribution in [0.4, 0.5) is 21.8 Å². The zero-order valence-corrected chi connectivity index (χ0v) is 20.4. The van der Waals surface area contributed by atoms with E-state index in [0.717, 1.165) is 48.7 Å². The molecule has 2 aromatic carbocycles. The predicted molar refractivity (Wildman–Crippen MR) is 138 cm³/mol. The largest absolute Gasteiger partial charge is 0.463 e. The predicted octanol–water partition coefficient (Wildman–Crippen LogP) is 5.01. The fourth-order valence-electron chi connectivity index (χ4n) is 3.76. The van der Waals surface area contributed by atoms with Crippen LogP contribution in [0.1, 0.15) is 12.5 Å². The molecule has 0 radical (unpaired) electrons. The van der Waals surface area contributed by atoms with Gasteiger partial charge >= 0.3 is 5.97 Å². The van der Waals surface area contributed by atoms with Crippen molar-refractivity contribution in [2.45, 2.75) is 6.92 Å². The SMILES string of the molecule is CCOC(=O)C=Cc1cccc(-c2cnc(Nc3ccc(F)c(Cl)c3)nc2N2CCN(C)CC2)c1. The number of benzene rings is 2. The van der Waals surface area contributed by atoms with E-state index in [2.05, 4.69) is 27.1 Å². The summed E-state index contributed by atoms with van der Waals surface area (Å²) in [7, 11) is 2.10. The van der Waals surface area contributed by atoms with Crippen LogP contribution in [0.15, 0.2) is 54.7 Å². The molecule has 0 bridgehead atoms. The molecule has 0 unspecified atom stereocenters. The van der Waals surface area contributed by atoms with Crippen LogP contribution < -0.4 is 10.2 Å². The molecule has 4 rings (SSSR count). The molecule has 2 heterocycles. The fraction of sp³-hybridized carbons (Fsp3) is 0.269. The van der Waals surface area contributed by atoms with Gasteiger partial charge in [-0.05, 0) is 55.4 Å². The lowest BCUT2D eigenvalue weighted by Crippen LogP contribution is -2.45. The van der Waals surface area contributed by atoms with Gasteiger partial charge in [0.1, 0.15) is 11.6 Å². The van der Waals surface area contributed by atoms with Crippen molar-refractivity contribution in [3.8, 4) is 11.1 Å². The minimum atomic E-state index is -0.483. The van der Waals surface area contributed by atoms with Gasteiger partial charge in [-0.1, -0.05) is 29.8 Å². The van der Waals surface area contributed by atoms with Crippen LogP contribution in [0.5, 0.6) is 0 Å². The first-order valence-electron chi connectivity index (χ1n) is 11.4. The molecule has 1 fully saturated rings. The smallest absolute Gasteiger partial charge is 0.330 e. The highest BCUT2D eigenvalue weighted by molar-refractivity contribution is 6.31. The molecule has 0 aliphatic carbocycles. The molecule has 1 aromatic heterocycles. The number of esters is 1. The lowest BCUT2D eigenvalue weighted by molar-refractivity contribution is -0.137. The number of aromatic nitrogens is 2. The van der Waals surface area contributed by atoms with Crippen molar-refractivity contribution < 1.29 is 13.9 Å². The first-order valence-corrected chi connectivity index (χ1v) is 11.8. The van der Waals surface area contributed by atoms with Gasteiger partial charge in [0.25, 0.3) is 0 Å². The Morgan fingerprint density at radius 1 is 1.20 bits per heavy atom. The fourth-order valence-corrected chi connectivity index (χ4v) is 3.94. The summed E-state index contributed by atoms with van der Waals surface area (Å²) < 4.78 is 18.5. The number of nitrogens with zero attached hydrogens (tertiary/aromatic N) is 4. The highest BCUT2D eigenvalue weighted by Crippen LogP contribution is 2.32. The van der Waals surface area contributed by atoms with Gasteiger partial charge in [-0.15, -0.1) is 0 Å². The maximum Gasteiger partial charge on any atom is 0.330 e. The van der Waals surface area contributed by atoms with E-state index in [-0.39, 0.29) is 11.0 Å². The van der Waals surface area contributed by atoms with E-state index in [0.29, 0.717) is 18.2 Å². The van der Waals surface area contributed by atoms with E-state index in [1.807, 2.05) is 24.3 Å². The van der Waals surface area contributed by atoms with Crippen LogP contribution in [-0.4, -0.2) is 60.7 Å². The molecule has 1 saturated heterocycles. The Kier molecular flexibility index (Phi) is 7.94. The third kappa shape index (κ3) is 6.35. The monoisotopic (exact) mass is 495 g/mol. The van der Waals surface area contributed by atoms with Gasteiger partial charge in [0.15, 0.2) is 0 Å². The van der Waals surface area contributed by atoms with Crippen molar-refractivity contribution in [2.24, 2.45) is 0 Å². The number of piperazine rings is 1. The second-order valence-corrected chi connectivity index (χ2v) is 8.59. The van der Waals surface area contributed by atoms with Gasteiger partial charge in [-0.2, -0.15) is 4.98 Å². The maximum absolute atomic E-state index is 13.6. The van der Waals surface area contributed by atoms with Crippen LogP contribution in [0.3, 0.4) is 0 Å². The first-order chi connectivity index (χ1) is 16.9. The highest BCUT2D eigenvalue weighted by atomic mass is 35.5. The number of carbonyl (C=O) groups excluding carboxylic acids is 1. The van der Waals surface area contributed by atoms with Crippen LogP contribution in [0, 0.1) is 5.82 Å². The van der Waals surface area contributed by atoms with Crippen molar-refractivity contribution in [1.29, 1.82) is 0 Å². The number of halogens is 2. The molecular weight excluding hydrogens is 469 g/mol. The van der Waals surface area contributed by atoms with Gasteiger partial charge < -0.3 is 19.9 Å². The Bertz CT molecular complexity index is 1230. The molecule has 0 atom stereocenters. The van der Waals surface area contributed by atoms with Crippen molar-refractivity contribution in [3.05, 3.63) is 71.1 Å². The Morgan fingerprint density at radius 2 is 2.00 bits per heavy atom. The molecule has 0 saturated carbocycles. The highest BCUT2D eigenvalue weighted by Gasteiger charge is 2.20. The molecular formula is C26H27ClFN5O2. The van der Waals surface area contributed by atoms with Crippen molar-refractivity contribution >= 4 is 41.1 Å². The number of hydrogen-bond donors (Lipinski definition) is 1. The van der Waals surface area contributed by atoms with E-state index >= 15 is 0 Å². The number of anilines is 3. The van der Waals surface area contributed by atoms with Gasteiger partial charge in [0.2, 0.25) is 5.95 Å². The molecule has 1 N–H and O–H groups in total. The van der Waals surface area contributed by atoms with Crippen LogP contribution in [0.2, 0.25) is 5.02 Å². The lowest BCUT2D eigenvalue weighted by atomic mass is 10.0. The second kappa shape index (κ2) is 11.3. The van der Waals surface area contributed by atoms with E-state index in [1.165, 1.54) is 18.2 Å². The molecule has 0 spiro atoms. The number of likely N-dealkylation sites (N-methyl/N-ethyl adjacent to an activating group) is 1. The third-order valence-electron chi connectivity index (χ3n) is 5.64. The first kappa shape index (κ1) is 24.6. The maximum atomic E-state index is 13.6. The summed E-state index contributed by atoms with van der Waals surface area (Å²) in [6.45, 7) is 5.59. The summed E-state index contributed by atoms with van der Waals surface area (Å²) >= 11 is 5.93. The molecule has 35 heavy (non-hydrogen) atoms. The summed E-state index contributed by atoms with van der Waals surface area (Å²) in [4.78, 5) is 25.6. The average molecular weight is 496 g/mol. The van der Waals surface area contributed by atoms with E-state index in [9.17, 15) is 9.18 Å². The van der Waals surface area contributed by atoms with Crippen LogP contribution >= 0.6 is 11.6 Å². The summed E-state index contributed by atoms with van der Waals surface area (Å²) in [5.41, 5.74) is 3.27. The molecule has 1 aliphatic rings. The standard InChI is InChI=1S/C26H27ClFN5O2/c1-3-35-24(34)10-7-18-5-4-6-19(15-18)21-17-29-26(30-20-8-9-23(28)22(27)16-20)31-25(21)33-13-11-32(2)12-14-33/h4-10,15-17H,3,11-14H2,1-2H3,(H,29,30,31). The van der Waals surface area contributed by atoms with Gasteiger partial charge in [-0.3, -0.25) is 0 Å². The minimum Gasteiger partial charge on any atom is -0.463 e. The lowest BCUT2D eigenvalue weighted by Gasteiger charge is -2.34. The van der Waals surface area contributed by atoms with E-state index < -0.39 is 5.82 Å². The second-order valence-electron chi connectivity index (χ2n) is 8.19. The number of hydrogen-bond acceptors (Lipinski definition) is 7. The summed E-state index contributed by atoms with van der Waals surface area (Å²) in [6, 6.07) is 12.2. The third-order valence-corrected chi connectivity index (χ3v) is 5.93. The van der Waals surface area contributed by atoms with Crippen molar-refractivity contribution in [1.82, 2.24) is 14.9 Å². The summed E-state index contributed by atoms with van der Waals surface area (Å²) in [5.74, 6) is 0.332. The van der Waals surface area contributed by atoms with E-state index in [4.69, 9.17) is 21.3 Å². The Balaban J connectivity index is 1.67. The van der Waals surface area contributed by atoms with Gasteiger partial charge in [-0.25, -0.2) is 14.2 Å². The molecule has 9 heteroatoms. The number of ether oxygens (including phenoxy) is 1. The quantitative estimate of drug-likeness (QED) is 0.365. The van der Waals surface area contributed by atoms with Crippen molar-refractivity contribution in [2.75, 3.05) is 50.1 Å². The number of rotatable bonds is 7. The van der Waals surface area contributed by atoms with Crippen LogP contribution in [-0.2, 0) is 9.53 Å². The average Bonchev–Trinajstić information content (AvgIpc) is 2.86. The summed E-state index contributed by atoms with van der Waals surface area (Å²) in [5, 5.41) is 3.15. The minimum absolute atomic E-state index is 0.0265. The molecule has 0 amide bonds.